The van der Waals surface area contributed by atoms with Gasteiger partial charge in [0.2, 0.25) is 0 Å². The van der Waals surface area contributed by atoms with Crippen molar-refractivity contribution < 1.29 is 18.9 Å². The lowest BCUT2D eigenvalue weighted by molar-refractivity contribution is 0.161. The van der Waals surface area contributed by atoms with Gasteiger partial charge in [-0.3, -0.25) is 24.1 Å². The van der Waals surface area contributed by atoms with Gasteiger partial charge in [-0.25, -0.2) is 4.57 Å². The van der Waals surface area contributed by atoms with Crippen LogP contribution in [0.5, 0.6) is 0 Å². The molecule has 0 aromatic carbocycles. The molecule has 2 aliphatic rings. The summed E-state index contributed by atoms with van der Waals surface area (Å²) in [5, 5.41) is 0. The van der Waals surface area contributed by atoms with Crippen molar-refractivity contribution in [3.63, 3.8) is 0 Å². The Labute approximate surface area is 192 Å². The average molecular weight is 467 g/mol. The number of nitrogens with zero attached hydrogens (tertiary/aromatic N) is 4. The van der Waals surface area contributed by atoms with Crippen LogP contribution in [-0.4, -0.2) is 102 Å². The molecule has 9 heteroatoms. The van der Waals surface area contributed by atoms with Crippen molar-refractivity contribution in [2.75, 3.05) is 47.9 Å². The number of hydrogen-bond donors (Lipinski definition) is 2. The average Bonchev–Trinajstić information content (AvgIpc) is 3.05. The molecular formula is C22H51N4O4P. The van der Waals surface area contributed by atoms with E-state index in [1.54, 1.807) is 0 Å². The summed E-state index contributed by atoms with van der Waals surface area (Å²) in [6.45, 7) is 15.7. The third-order valence-electron chi connectivity index (χ3n) is 6.97. The van der Waals surface area contributed by atoms with E-state index in [1.165, 1.54) is 13.1 Å². The monoisotopic (exact) mass is 466 g/mol. The fourth-order valence-corrected chi connectivity index (χ4v) is 4.26. The molecule has 0 aromatic rings. The van der Waals surface area contributed by atoms with E-state index in [2.05, 4.69) is 86.9 Å². The van der Waals surface area contributed by atoms with Crippen LogP contribution in [0.4, 0.5) is 0 Å². The smallest absolute Gasteiger partial charge is 0.303 e. The van der Waals surface area contributed by atoms with E-state index in [9.17, 15) is 4.57 Å². The van der Waals surface area contributed by atoms with Gasteiger partial charge in [0.25, 0.3) is 0 Å². The van der Waals surface area contributed by atoms with Crippen molar-refractivity contribution in [1.82, 2.24) is 19.6 Å². The van der Waals surface area contributed by atoms with Gasteiger partial charge in [-0.1, -0.05) is 33.1 Å². The molecule has 188 valence electrons. The Morgan fingerprint density at radius 3 is 1.52 bits per heavy atom. The SMILES string of the molecule is CC1CN(C)C(C)N1C.CC1CN(C)C(C)N1C.CCCCC(CC)COP(=O)(O)O. The molecule has 0 amide bonds. The summed E-state index contributed by atoms with van der Waals surface area (Å²) in [6, 6.07) is 1.45. The molecule has 0 radical (unpaired) electrons. The summed E-state index contributed by atoms with van der Waals surface area (Å²) in [6.07, 6.45) is 5.32. The van der Waals surface area contributed by atoms with Crippen molar-refractivity contribution in [3.8, 4) is 0 Å². The zero-order valence-corrected chi connectivity index (χ0v) is 22.7. The third kappa shape index (κ3) is 12.1. The normalized spacial score (nSPS) is 29.3. The van der Waals surface area contributed by atoms with Gasteiger partial charge in [-0.05, 0) is 68.2 Å². The number of rotatable bonds is 7. The molecule has 0 aliphatic carbocycles. The van der Waals surface area contributed by atoms with Gasteiger partial charge in [-0.15, -0.1) is 0 Å². The lowest BCUT2D eigenvalue weighted by Crippen LogP contribution is -2.32. The summed E-state index contributed by atoms with van der Waals surface area (Å²) in [5.74, 6) is 0.271. The topological polar surface area (TPSA) is 79.7 Å². The highest BCUT2D eigenvalue weighted by atomic mass is 31.2. The maximum atomic E-state index is 10.4. The summed E-state index contributed by atoms with van der Waals surface area (Å²) >= 11 is 0. The van der Waals surface area contributed by atoms with Crippen molar-refractivity contribution in [1.29, 1.82) is 0 Å². The maximum Gasteiger partial charge on any atom is 0.469 e. The van der Waals surface area contributed by atoms with E-state index in [0.717, 1.165) is 37.8 Å². The van der Waals surface area contributed by atoms with E-state index in [0.29, 0.717) is 12.3 Å². The van der Waals surface area contributed by atoms with Gasteiger partial charge in [0.05, 0.1) is 18.9 Å². The largest absolute Gasteiger partial charge is 0.469 e. The van der Waals surface area contributed by atoms with E-state index in [-0.39, 0.29) is 12.5 Å². The molecule has 2 saturated heterocycles. The molecule has 0 bridgehead atoms. The molecule has 0 saturated carbocycles. The molecule has 5 atom stereocenters. The van der Waals surface area contributed by atoms with Crippen molar-refractivity contribution in [2.24, 2.45) is 5.92 Å². The molecule has 2 aliphatic heterocycles. The van der Waals surface area contributed by atoms with Crippen LogP contribution in [0.25, 0.3) is 0 Å². The molecule has 31 heavy (non-hydrogen) atoms. The summed E-state index contributed by atoms with van der Waals surface area (Å²) < 4.78 is 14.8. The van der Waals surface area contributed by atoms with Gasteiger partial charge < -0.3 is 9.79 Å². The van der Waals surface area contributed by atoms with Crippen molar-refractivity contribution in [2.45, 2.75) is 91.6 Å². The Hall–Kier alpha value is -0.0500. The zero-order chi connectivity index (χ0) is 24.4. The molecule has 5 unspecified atom stereocenters. The first-order valence-electron chi connectivity index (χ1n) is 11.8. The fourth-order valence-electron chi connectivity index (χ4n) is 3.86. The maximum absolute atomic E-state index is 10.4. The predicted octanol–water partition coefficient (Wildman–Crippen LogP) is 3.51. The number of likely N-dealkylation sites (N-methyl/N-ethyl adjacent to an activating group) is 4. The first-order valence-corrected chi connectivity index (χ1v) is 13.3. The van der Waals surface area contributed by atoms with E-state index < -0.39 is 7.82 Å². The first-order chi connectivity index (χ1) is 14.2. The van der Waals surface area contributed by atoms with Crippen LogP contribution >= 0.6 is 7.82 Å². The van der Waals surface area contributed by atoms with Crippen LogP contribution < -0.4 is 0 Å². The number of hydrogen-bond acceptors (Lipinski definition) is 6. The molecule has 0 aromatic heterocycles. The molecule has 2 N–H and O–H groups in total. The number of phosphoric acid groups is 1. The lowest BCUT2D eigenvalue weighted by atomic mass is 10.0. The second-order valence-corrected chi connectivity index (χ2v) is 10.6. The second-order valence-electron chi connectivity index (χ2n) is 9.37. The van der Waals surface area contributed by atoms with Gasteiger partial charge >= 0.3 is 7.82 Å². The van der Waals surface area contributed by atoms with Crippen LogP contribution in [0.1, 0.15) is 67.2 Å². The minimum Gasteiger partial charge on any atom is -0.303 e. The highest BCUT2D eigenvalue weighted by Crippen LogP contribution is 2.37. The molecule has 8 nitrogen and oxygen atoms in total. The molecular weight excluding hydrogens is 415 g/mol. The van der Waals surface area contributed by atoms with Crippen molar-refractivity contribution >= 4 is 7.82 Å². The quantitative estimate of drug-likeness (QED) is 0.552. The highest BCUT2D eigenvalue weighted by Gasteiger charge is 2.28. The second kappa shape index (κ2) is 15.0. The van der Waals surface area contributed by atoms with Crippen LogP contribution in [0.15, 0.2) is 0 Å². The van der Waals surface area contributed by atoms with Gasteiger partial charge in [0.15, 0.2) is 0 Å². The lowest BCUT2D eigenvalue weighted by Gasteiger charge is -2.21. The molecule has 0 spiro atoms. The Kier molecular flexibility index (Phi) is 14.9. The molecule has 2 fully saturated rings. The molecule has 2 heterocycles. The Balaban J connectivity index is 0.000000445. The van der Waals surface area contributed by atoms with Gasteiger partial charge in [0.1, 0.15) is 0 Å². The minimum atomic E-state index is -4.26. The van der Waals surface area contributed by atoms with E-state index >= 15 is 0 Å². The van der Waals surface area contributed by atoms with E-state index in [1.807, 2.05) is 6.92 Å². The fraction of sp³-hybridized carbons (Fsp3) is 1.00. The first kappa shape index (κ1) is 30.9. The van der Waals surface area contributed by atoms with Crippen molar-refractivity contribution in [3.05, 3.63) is 0 Å². The Morgan fingerprint density at radius 2 is 1.32 bits per heavy atom. The van der Waals surface area contributed by atoms with Gasteiger partial charge in [0, 0.05) is 25.2 Å². The highest BCUT2D eigenvalue weighted by molar-refractivity contribution is 7.46. The molecule has 2 rings (SSSR count). The summed E-state index contributed by atoms with van der Waals surface area (Å²) in [5.41, 5.74) is 0. The summed E-state index contributed by atoms with van der Waals surface area (Å²) in [4.78, 5) is 26.5. The Morgan fingerprint density at radius 1 is 0.903 bits per heavy atom. The predicted molar refractivity (Wildman–Crippen MR) is 130 cm³/mol. The van der Waals surface area contributed by atoms with E-state index in [4.69, 9.17) is 9.79 Å². The van der Waals surface area contributed by atoms with Crippen LogP contribution in [-0.2, 0) is 9.09 Å². The standard InChI is InChI=1S/C8H19O4P.2C7H16N2/c1-3-5-6-8(4-2)7-12-13(9,10)11;2*1-6-5-8(3)7(2)9(6)4/h8H,3-7H2,1-2H3,(H2,9,10,11);2*6-7H,5H2,1-4H3. The zero-order valence-electron chi connectivity index (χ0n) is 21.8. The number of unbranched alkanes of at least 4 members (excludes halogenated alkanes) is 1. The third-order valence-corrected chi connectivity index (χ3v) is 7.46. The van der Waals surface area contributed by atoms with Crippen LogP contribution in [0.3, 0.4) is 0 Å². The Bertz CT molecular complexity index is 472. The minimum absolute atomic E-state index is 0.167. The van der Waals surface area contributed by atoms with Gasteiger partial charge in [-0.2, -0.15) is 0 Å². The number of phosphoric ester groups is 1. The van der Waals surface area contributed by atoms with Crippen LogP contribution in [0.2, 0.25) is 0 Å². The summed E-state index contributed by atoms with van der Waals surface area (Å²) in [7, 11) is 4.44. The van der Waals surface area contributed by atoms with Crippen LogP contribution in [0, 0.1) is 5.92 Å².